The van der Waals surface area contributed by atoms with E-state index in [-0.39, 0.29) is 11.8 Å². The van der Waals surface area contributed by atoms with Crippen molar-refractivity contribution in [3.05, 3.63) is 64.7 Å². The van der Waals surface area contributed by atoms with Gasteiger partial charge in [0.25, 0.3) is 0 Å². The van der Waals surface area contributed by atoms with Crippen molar-refractivity contribution in [3.8, 4) is 5.75 Å². The Morgan fingerprint density at radius 1 is 1.15 bits per heavy atom. The average molecular weight is 366 g/mol. The van der Waals surface area contributed by atoms with Crippen molar-refractivity contribution in [2.75, 3.05) is 13.2 Å². The molecule has 27 heavy (non-hydrogen) atoms. The summed E-state index contributed by atoms with van der Waals surface area (Å²) in [5, 5.41) is 2.91. The van der Waals surface area contributed by atoms with Crippen LogP contribution in [0, 0.1) is 13.8 Å². The number of rotatable bonds is 5. The summed E-state index contributed by atoms with van der Waals surface area (Å²) in [6.07, 6.45) is 0.541. The van der Waals surface area contributed by atoms with Gasteiger partial charge in [0.1, 0.15) is 18.4 Å². The molecule has 0 saturated carbocycles. The van der Waals surface area contributed by atoms with Crippen LogP contribution in [0.25, 0.3) is 0 Å². The van der Waals surface area contributed by atoms with Gasteiger partial charge in [0.05, 0.1) is 6.54 Å². The van der Waals surface area contributed by atoms with Crippen LogP contribution >= 0.6 is 0 Å². The van der Waals surface area contributed by atoms with Gasteiger partial charge >= 0.3 is 0 Å². The van der Waals surface area contributed by atoms with Crippen LogP contribution in [0.15, 0.2) is 42.5 Å². The maximum Gasteiger partial charge on any atom is 0.243 e. The van der Waals surface area contributed by atoms with E-state index in [1.54, 1.807) is 4.90 Å². The number of benzene rings is 2. The molecule has 0 spiro atoms. The molecule has 2 aromatic rings. The highest BCUT2D eigenvalue weighted by molar-refractivity contribution is 5.87. The van der Waals surface area contributed by atoms with Crippen molar-refractivity contribution >= 4 is 11.8 Å². The summed E-state index contributed by atoms with van der Waals surface area (Å²) in [5.74, 6) is 0.604. The Morgan fingerprint density at radius 2 is 1.89 bits per heavy atom. The molecule has 1 N–H and O–H groups in total. The molecule has 5 nitrogen and oxygen atoms in total. The summed E-state index contributed by atoms with van der Waals surface area (Å²) >= 11 is 0. The van der Waals surface area contributed by atoms with E-state index >= 15 is 0 Å². The van der Waals surface area contributed by atoms with E-state index in [2.05, 4.69) is 11.4 Å². The molecular weight excluding hydrogens is 340 g/mol. The number of fused-ring (bicyclic) bond motifs is 1. The summed E-state index contributed by atoms with van der Waals surface area (Å²) in [6, 6.07) is 13.5. The molecule has 1 aliphatic heterocycles. The lowest BCUT2D eigenvalue weighted by atomic mass is 9.93. The normalized spacial score (nSPS) is 15.8. The minimum atomic E-state index is -0.474. The Kier molecular flexibility index (Phi) is 5.79. The van der Waals surface area contributed by atoms with E-state index < -0.39 is 6.04 Å². The van der Waals surface area contributed by atoms with Crippen molar-refractivity contribution < 1.29 is 14.3 Å². The molecule has 1 aliphatic rings. The summed E-state index contributed by atoms with van der Waals surface area (Å²) in [5.41, 5.74) is 4.50. The van der Waals surface area contributed by atoms with E-state index in [4.69, 9.17) is 4.74 Å². The smallest absolute Gasteiger partial charge is 0.243 e. The number of hydrogen-bond donors (Lipinski definition) is 1. The van der Waals surface area contributed by atoms with E-state index in [0.717, 1.165) is 22.4 Å². The van der Waals surface area contributed by atoms with Crippen molar-refractivity contribution in [3.63, 3.8) is 0 Å². The third-order valence-corrected chi connectivity index (χ3v) is 4.94. The zero-order valence-electron chi connectivity index (χ0n) is 16.1. The van der Waals surface area contributed by atoms with Crippen molar-refractivity contribution in [1.82, 2.24) is 10.2 Å². The number of hydrogen-bond acceptors (Lipinski definition) is 3. The van der Waals surface area contributed by atoms with E-state index in [9.17, 15) is 9.59 Å². The van der Waals surface area contributed by atoms with Crippen LogP contribution in [-0.4, -0.2) is 35.9 Å². The quantitative estimate of drug-likeness (QED) is 0.828. The second-order valence-corrected chi connectivity index (χ2v) is 7.04. The fourth-order valence-electron chi connectivity index (χ4n) is 3.50. The lowest BCUT2D eigenvalue weighted by Gasteiger charge is -2.35. The number of nitrogens with one attached hydrogen (secondary N) is 1. The molecule has 0 aromatic heterocycles. The SMILES string of the molecule is CC(=O)N1Cc2ccccc2C[C@@H]1C(=O)NCCOc1ccc(C)cc1C. The zero-order valence-corrected chi connectivity index (χ0v) is 16.1. The predicted octanol–water partition coefficient (Wildman–Crippen LogP) is 2.77. The largest absolute Gasteiger partial charge is 0.491 e. The van der Waals surface area contributed by atoms with Crippen LogP contribution < -0.4 is 10.1 Å². The molecule has 142 valence electrons. The Bertz CT molecular complexity index is 847. The van der Waals surface area contributed by atoms with Crippen molar-refractivity contribution in [2.24, 2.45) is 0 Å². The molecular formula is C22H26N2O3. The first-order valence-corrected chi connectivity index (χ1v) is 9.27. The molecule has 5 heteroatoms. The van der Waals surface area contributed by atoms with Gasteiger partial charge < -0.3 is 15.0 Å². The highest BCUT2D eigenvalue weighted by Crippen LogP contribution is 2.23. The van der Waals surface area contributed by atoms with Gasteiger partial charge in [0.15, 0.2) is 0 Å². The van der Waals surface area contributed by atoms with Crippen LogP contribution in [0.1, 0.15) is 29.2 Å². The Morgan fingerprint density at radius 3 is 2.59 bits per heavy atom. The van der Waals surface area contributed by atoms with Gasteiger partial charge in [-0.3, -0.25) is 9.59 Å². The number of amides is 2. The molecule has 0 fully saturated rings. The monoisotopic (exact) mass is 366 g/mol. The van der Waals surface area contributed by atoms with Gasteiger partial charge in [0.2, 0.25) is 11.8 Å². The lowest BCUT2D eigenvalue weighted by molar-refractivity contribution is -0.140. The predicted molar refractivity (Wildman–Crippen MR) is 105 cm³/mol. The summed E-state index contributed by atoms with van der Waals surface area (Å²) < 4.78 is 5.76. The standard InChI is InChI=1S/C22H26N2O3/c1-15-8-9-21(16(2)12-15)27-11-10-23-22(26)20-13-18-6-4-5-7-19(18)14-24(20)17(3)25/h4-9,12,20H,10-11,13-14H2,1-3H3,(H,23,26)/t20-/m1/s1. The molecule has 0 saturated heterocycles. The average Bonchev–Trinajstić information content (AvgIpc) is 2.65. The van der Waals surface area contributed by atoms with E-state index in [1.165, 1.54) is 12.5 Å². The first kappa shape index (κ1) is 19.0. The number of carbonyl (C=O) groups excluding carboxylic acids is 2. The minimum absolute atomic E-state index is 0.0869. The van der Waals surface area contributed by atoms with E-state index in [1.807, 2.05) is 50.2 Å². The maximum atomic E-state index is 12.7. The highest BCUT2D eigenvalue weighted by atomic mass is 16.5. The minimum Gasteiger partial charge on any atom is -0.491 e. The first-order chi connectivity index (χ1) is 13.0. The maximum absolute atomic E-state index is 12.7. The number of nitrogens with zero attached hydrogens (tertiary/aromatic N) is 1. The van der Waals surface area contributed by atoms with Crippen molar-refractivity contribution in [1.29, 1.82) is 0 Å². The van der Waals surface area contributed by atoms with Crippen LogP contribution in [0.4, 0.5) is 0 Å². The van der Waals surface area contributed by atoms with Gasteiger partial charge in [0, 0.05) is 19.9 Å². The molecule has 1 atom stereocenters. The first-order valence-electron chi connectivity index (χ1n) is 9.27. The number of carbonyl (C=O) groups is 2. The van der Waals surface area contributed by atoms with Gasteiger partial charge in [-0.15, -0.1) is 0 Å². The molecule has 0 bridgehead atoms. The Labute approximate surface area is 160 Å². The second kappa shape index (κ2) is 8.25. The van der Waals surface area contributed by atoms with Crippen molar-refractivity contribution in [2.45, 2.75) is 39.8 Å². The van der Waals surface area contributed by atoms with E-state index in [0.29, 0.717) is 26.1 Å². The van der Waals surface area contributed by atoms with Crippen LogP contribution in [-0.2, 0) is 22.6 Å². The zero-order chi connectivity index (χ0) is 19.4. The van der Waals surface area contributed by atoms with Crippen LogP contribution in [0.3, 0.4) is 0 Å². The summed E-state index contributed by atoms with van der Waals surface area (Å²) in [7, 11) is 0. The van der Waals surface area contributed by atoms with Gasteiger partial charge in [-0.25, -0.2) is 0 Å². The van der Waals surface area contributed by atoms with Crippen LogP contribution in [0.5, 0.6) is 5.75 Å². The molecule has 2 aromatic carbocycles. The number of aryl methyl sites for hydroxylation is 2. The van der Waals surface area contributed by atoms with Gasteiger partial charge in [-0.05, 0) is 36.6 Å². The third kappa shape index (κ3) is 4.48. The Balaban J connectivity index is 1.57. The van der Waals surface area contributed by atoms with Crippen LogP contribution in [0.2, 0.25) is 0 Å². The molecule has 2 amide bonds. The topological polar surface area (TPSA) is 58.6 Å². The molecule has 0 radical (unpaired) electrons. The summed E-state index contributed by atoms with van der Waals surface area (Å²) in [6.45, 7) is 6.82. The third-order valence-electron chi connectivity index (χ3n) is 4.94. The van der Waals surface area contributed by atoms with Gasteiger partial charge in [-0.2, -0.15) is 0 Å². The van der Waals surface area contributed by atoms with Gasteiger partial charge in [-0.1, -0.05) is 42.0 Å². The number of ether oxygens (including phenoxy) is 1. The molecule has 3 rings (SSSR count). The summed E-state index contributed by atoms with van der Waals surface area (Å²) in [4.78, 5) is 26.4. The fourth-order valence-corrected chi connectivity index (χ4v) is 3.50. The Hall–Kier alpha value is -2.82. The highest BCUT2D eigenvalue weighted by Gasteiger charge is 2.32. The lowest BCUT2D eigenvalue weighted by Crippen LogP contribution is -2.52. The molecule has 1 heterocycles. The second-order valence-electron chi connectivity index (χ2n) is 7.04. The molecule has 0 aliphatic carbocycles. The molecule has 0 unspecified atom stereocenters. The fraction of sp³-hybridized carbons (Fsp3) is 0.364.